The molecule has 0 amide bonds. The van der Waals surface area contributed by atoms with Gasteiger partial charge in [-0.05, 0) is 30.3 Å². The molecule has 0 bridgehead atoms. The quantitative estimate of drug-likeness (QED) is 0.910. The number of nitrogens with two attached hydrogens (primary N) is 1. The van der Waals surface area contributed by atoms with E-state index in [-0.39, 0.29) is 0 Å². The van der Waals surface area contributed by atoms with Crippen molar-refractivity contribution in [2.75, 3.05) is 11.4 Å². The van der Waals surface area contributed by atoms with Crippen LogP contribution in [0.5, 0.6) is 0 Å². The van der Waals surface area contributed by atoms with Crippen molar-refractivity contribution in [1.82, 2.24) is 4.98 Å². The minimum Gasteiger partial charge on any atom is -0.386 e. The van der Waals surface area contributed by atoms with E-state index in [9.17, 15) is 0 Å². The van der Waals surface area contributed by atoms with Crippen LogP contribution in [0.4, 0.5) is 5.69 Å². The first-order valence-corrected chi connectivity index (χ1v) is 6.48. The van der Waals surface area contributed by atoms with E-state index in [1.807, 2.05) is 35.2 Å². The van der Waals surface area contributed by atoms with E-state index in [1.165, 1.54) is 0 Å². The van der Waals surface area contributed by atoms with Gasteiger partial charge in [-0.2, -0.15) is 5.26 Å². The maximum Gasteiger partial charge on any atom is 0.119 e. The van der Waals surface area contributed by atoms with Crippen LogP contribution in [0.25, 0.3) is 5.70 Å². The molecule has 102 valence electrons. The van der Waals surface area contributed by atoms with Crippen LogP contribution in [-0.2, 0) is 0 Å². The summed E-state index contributed by atoms with van der Waals surface area (Å²) < 4.78 is 0. The van der Waals surface area contributed by atoms with Gasteiger partial charge in [0.2, 0.25) is 0 Å². The number of benzene rings is 1. The Balaban J connectivity index is 2.06. The number of hydrogen-bond acceptors (Lipinski definition) is 5. The van der Waals surface area contributed by atoms with Gasteiger partial charge in [0, 0.05) is 23.6 Å². The van der Waals surface area contributed by atoms with Gasteiger partial charge in [0.05, 0.1) is 30.1 Å². The van der Waals surface area contributed by atoms with E-state index in [2.05, 4.69) is 16.0 Å². The van der Waals surface area contributed by atoms with E-state index in [0.717, 1.165) is 16.9 Å². The number of rotatable bonds is 2. The summed E-state index contributed by atoms with van der Waals surface area (Å²) in [5.74, 6) is 0.532. The summed E-state index contributed by atoms with van der Waals surface area (Å²) in [5.41, 5.74) is 9.24. The number of anilines is 1. The maximum atomic E-state index is 9.05. The van der Waals surface area contributed by atoms with Gasteiger partial charge in [0.25, 0.3) is 0 Å². The molecule has 0 unspecified atom stereocenters. The van der Waals surface area contributed by atoms with Crippen LogP contribution in [0.3, 0.4) is 0 Å². The van der Waals surface area contributed by atoms with Gasteiger partial charge in [0.15, 0.2) is 0 Å². The van der Waals surface area contributed by atoms with Crippen LogP contribution < -0.4 is 10.6 Å². The number of aromatic nitrogens is 1. The SMILES string of the molecule is N#Cc1cccc(N2CC(N)=NC=C2c2cccnc2)c1. The molecule has 5 heteroatoms. The van der Waals surface area contributed by atoms with Gasteiger partial charge in [0.1, 0.15) is 5.84 Å². The molecule has 5 nitrogen and oxygen atoms in total. The van der Waals surface area contributed by atoms with Crippen LogP contribution in [0.15, 0.2) is 60.0 Å². The molecule has 0 aliphatic carbocycles. The summed E-state index contributed by atoms with van der Waals surface area (Å²) in [7, 11) is 0. The van der Waals surface area contributed by atoms with Gasteiger partial charge in [-0.3, -0.25) is 4.98 Å². The van der Waals surface area contributed by atoms with Crippen LogP contribution in [0.1, 0.15) is 11.1 Å². The molecular weight excluding hydrogens is 262 g/mol. The minimum absolute atomic E-state index is 0.482. The van der Waals surface area contributed by atoms with Crippen molar-refractivity contribution in [3.05, 3.63) is 66.1 Å². The molecule has 0 fully saturated rings. The summed E-state index contributed by atoms with van der Waals surface area (Å²) in [6.45, 7) is 0.482. The number of hydrogen-bond donors (Lipinski definition) is 1. The van der Waals surface area contributed by atoms with Gasteiger partial charge in [-0.1, -0.05) is 6.07 Å². The number of nitriles is 1. The first-order valence-electron chi connectivity index (χ1n) is 6.48. The molecule has 0 saturated heterocycles. The lowest BCUT2D eigenvalue weighted by molar-refractivity contribution is 1.08. The Morgan fingerprint density at radius 2 is 2.14 bits per heavy atom. The van der Waals surface area contributed by atoms with E-state index >= 15 is 0 Å². The molecule has 2 N–H and O–H groups in total. The molecule has 1 aromatic heterocycles. The minimum atomic E-state index is 0.482. The van der Waals surface area contributed by atoms with E-state index in [0.29, 0.717) is 17.9 Å². The highest BCUT2D eigenvalue weighted by Gasteiger charge is 2.19. The first-order chi connectivity index (χ1) is 10.3. The predicted octanol–water partition coefficient (Wildman–Crippen LogP) is 2.13. The lowest BCUT2D eigenvalue weighted by Crippen LogP contribution is -2.35. The molecule has 1 aliphatic rings. The summed E-state index contributed by atoms with van der Waals surface area (Å²) in [6, 6.07) is 13.4. The molecule has 1 aliphatic heterocycles. The van der Waals surface area contributed by atoms with Crippen molar-refractivity contribution in [2.24, 2.45) is 10.7 Å². The fourth-order valence-electron chi connectivity index (χ4n) is 2.22. The van der Waals surface area contributed by atoms with Gasteiger partial charge in [-0.15, -0.1) is 0 Å². The van der Waals surface area contributed by atoms with Crippen molar-refractivity contribution < 1.29 is 0 Å². The molecule has 0 atom stereocenters. The van der Waals surface area contributed by atoms with Gasteiger partial charge < -0.3 is 10.6 Å². The van der Waals surface area contributed by atoms with E-state index < -0.39 is 0 Å². The molecule has 0 radical (unpaired) electrons. The van der Waals surface area contributed by atoms with Crippen molar-refractivity contribution >= 4 is 17.2 Å². The summed E-state index contributed by atoms with van der Waals surface area (Å²) >= 11 is 0. The van der Waals surface area contributed by atoms with Crippen LogP contribution in [0.2, 0.25) is 0 Å². The second-order valence-electron chi connectivity index (χ2n) is 4.62. The number of nitrogens with zero attached hydrogens (tertiary/aromatic N) is 4. The zero-order valence-electron chi connectivity index (χ0n) is 11.3. The molecule has 2 heterocycles. The third-order valence-electron chi connectivity index (χ3n) is 3.21. The lowest BCUT2D eigenvalue weighted by Gasteiger charge is -2.29. The molecule has 3 rings (SSSR count). The average Bonchev–Trinajstić information content (AvgIpc) is 2.55. The van der Waals surface area contributed by atoms with Crippen molar-refractivity contribution in [3.63, 3.8) is 0 Å². The lowest BCUT2D eigenvalue weighted by atomic mass is 10.1. The van der Waals surface area contributed by atoms with E-state index in [1.54, 1.807) is 24.7 Å². The van der Waals surface area contributed by atoms with Crippen LogP contribution in [0, 0.1) is 11.3 Å². The summed E-state index contributed by atoms with van der Waals surface area (Å²) in [4.78, 5) is 10.4. The molecule has 21 heavy (non-hydrogen) atoms. The standard InChI is InChI=1S/C16H13N5/c17-8-12-3-1-5-14(7-12)21-11-16(18)20-10-15(21)13-4-2-6-19-9-13/h1-7,9-10H,11H2,(H2,18,20). The Morgan fingerprint density at radius 1 is 1.24 bits per heavy atom. The summed E-state index contributed by atoms with van der Waals surface area (Å²) in [5, 5.41) is 9.05. The highest BCUT2D eigenvalue weighted by Crippen LogP contribution is 2.28. The van der Waals surface area contributed by atoms with Crippen molar-refractivity contribution in [3.8, 4) is 6.07 Å². The second-order valence-corrected chi connectivity index (χ2v) is 4.62. The highest BCUT2D eigenvalue weighted by molar-refractivity contribution is 5.95. The number of amidine groups is 1. The molecule has 0 saturated carbocycles. The Hall–Kier alpha value is -3.13. The van der Waals surface area contributed by atoms with Gasteiger partial charge >= 0.3 is 0 Å². The zero-order chi connectivity index (χ0) is 14.7. The molecule has 1 aromatic carbocycles. The predicted molar refractivity (Wildman–Crippen MR) is 82.3 cm³/mol. The summed E-state index contributed by atoms with van der Waals surface area (Å²) in [6.07, 6.45) is 5.24. The fourth-order valence-corrected chi connectivity index (χ4v) is 2.22. The Bertz CT molecular complexity index is 756. The first kappa shape index (κ1) is 12.9. The third kappa shape index (κ3) is 2.60. The highest BCUT2D eigenvalue weighted by atomic mass is 15.2. The fraction of sp³-hybridized carbons (Fsp3) is 0.0625. The number of aliphatic imine (C=N–C) groups is 1. The topological polar surface area (TPSA) is 78.3 Å². The maximum absolute atomic E-state index is 9.05. The van der Waals surface area contributed by atoms with Crippen molar-refractivity contribution in [2.45, 2.75) is 0 Å². The van der Waals surface area contributed by atoms with Crippen LogP contribution in [-0.4, -0.2) is 17.4 Å². The Kier molecular flexibility index (Phi) is 3.36. The normalized spacial score (nSPS) is 14.1. The third-order valence-corrected chi connectivity index (χ3v) is 3.21. The van der Waals surface area contributed by atoms with E-state index in [4.69, 9.17) is 11.0 Å². The Labute approximate surface area is 122 Å². The zero-order valence-corrected chi connectivity index (χ0v) is 11.3. The number of pyridine rings is 1. The average molecular weight is 275 g/mol. The smallest absolute Gasteiger partial charge is 0.119 e. The monoisotopic (exact) mass is 275 g/mol. The second kappa shape index (κ2) is 5.47. The molecule has 2 aromatic rings. The largest absolute Gasteiger partial charge is 0.386 e. The van der Waals surface area contributed by atoms with Crippen LogP contribution >= 0.6 is 0 Å². The van der Waals surface area contributed by atoms with Crippen molar-refractivity contribution in [1.29, 1.82) is 5.26 Å². The molecular formula is C16H13N5. The Morgan fingerprint density at radius 3 is 2.90 bits per heavy atom. The van der Waals surface area contributed by atoms with Gasteiger partial charge in [-0.25, -0.2) is 4.99 Å². The molecule has 0 spiro atoms.